The Bertz CT molecular complexity index is 588. The monoisotopic (exact) mass is 258 g/mol. The number of hydrogen-bond acceptors (Lipinski definition) is 2. The third-order valence-electron chi connectivity index (χ3n) is 3.21. The molecule has 0 saturated carbocycles. The van der Waals surface area contributed by atoms with E-state index in [0.717, 1.165) is 17.8 Å². The van der Waals surface area contributed by atoms with Crippen LogP contribution in [0.4, 0.5) is 5.69 Å². The Labute approximate surface area is 112 Å². The Balaban J connectivity index is 2.15. The van der Waals surface area contributed by atoms with Crippen LogP contribution in [0.1, 0.15) is 28.5 Å². The summed E-state index contributed by atoms with van der Waals surface area (Å²) in [5, 5.41) is 12.3. The van der Waals surface area contributed by atoms with Crippen LogP contribution in [0.15, 0.2) is 36.5 Å². The smallest absolute Gasteiger partial charge is 0.335 e. The summed E-state index contributed by atoms with van der Waals surface area (Å²) in [4.78, 5) is 11.0. The summed E-state index contributed by atoms with van der Waals surface area (Å²) in [5.74, 6) is -0.903. The van der Waals surface area contributed by atoms with Gasteiger partial charge >= 0.3 is 5.97 Å². The molecule has 0 unspecified atom stereocenters. The predicted octanol–water partition coefficient (Wildman–Crippen LogP) is 3.13. The number of nitrogens with zero attached hydrogens (tertiary/aromatic N) is 1. The fraction of sp³-hybridized carbons (Fsp3) is 0.267. The summed E-state index contributed by atoms with van der Waals surface area (Å²) in [7, 11) is 0. The van der Waals surface area contributed by atoms with Gasteiger partial charge in [0.1, 0.15) is 0 Å². The second-order valence-electron chi connectivity index (χ2n) is 4.47. The molecule has 2 N–H and O–H groups in total. The minimum Gasteiger partial charge on any atom is -0.478 e. The Kier molecular flexibility index (Phi) is 3.90. The Morgan fingerprint density at radius 2 is 2.16 bits per heavy atom. The van der Waals surface area contributed by atoms with Gasteiger partial charge in [0, 0.05) is 24.1 Å². The zero-order chi connectivity index (χ0) is 13.8. The zero-order valence-corrected chi connectivity index (χ0v) is 11.2. The van der Waals surface area contributed by atoms with Gasteiger partial charge in [-0.2, -0.15) is 0 Å². The van der Waals surface area contributed by atoms with Crippen molar-refractivity contribution in [1.29, 1.82) is 0 Å². The highest BCUT2D eigenvalue weighted by Gasteiger charge is 2.06. The maximum atomic E-state index is 11.0. The van der Waals surface area contributed by atoms with Crippen molar-refractivity contribution in [2.45, 2.75) is 26.9 Å². The second-order valence-corrected chi connectivity index (χ2v) is 4.47. The zero-order valence-electron chi connectivity index (χ0n) is 11.2. The molecule has 2 aromatic rings. The molecule has 0 atom stereocenters. The van der Waals surface area contributed by atoms with Gasteiger partial charge in [-0.3, -0.25) is 0 Å². The number of benzene rings is 1. The minimum atomic E-state index is -0.903. The van der Waals surface area contributed by atoms with Gasteiger partial charge in [-0.15, -0.1) is 0 Å². The fourth-order valence-electron chi connectivity index (χ4n) is 2.05. The molecule has 0 saturated heterocycles. The summed E-state index contributed by atoms with van der Waals surface area (Å²) in [6, 6.07) is 9.20. The molecule has 4 nitrogen and oxygen atoms in total. The first-order valence-corrected chi connectivity index (χ1v) is 6.33. The lowest BCUT2D eigenvalue weighted by molar-refractivity contribution is 0.0697. The molecule has 0 amide bonds. The first kappa shape index (κ1) is 13.2. The SMILES string of the molecule is CCn1cccc1CNc1cc(C(=O)O)ccc1C. The summed E-state index contributed by atoms with van der Waals surface area (Å²) in [5.41, 5.74) is 3.39. The Morgan fingerprint density at radius 1 is 1.37 bits per heavy atom. The molecule has 4 heteroatoms. The van der Waals surface area contributed by atoms with Gasteiger partial charge in [0.05, 0.1) is 12.1 Å². The van der Waals surface area contributed by atoms with Gasteiger partial charge in [0.15, 0.2) is 0 Å². The molecule has 0 aliphatic rings. The molecule has 0 radical (unpaired) electrons. The summed E-state index contributed by atoms with van der Waals surface area (Å²) in [6.07, 6.45) is 2.04. The van der Waals surface area contributed by atoms with Gasteiger partial charge in [-0.1, -0.05) is 6.07 Å². The maximum absolute atomic E-state index is 11.0. The van der Waals surface area contributed by atoms with Crippen molar-refractivity contribution in [2.24, 2.45) is 0 Å². The van der Waals surface area contributed by atoms with Crippen molar-refractivity contribution < 1.29 is 9.90 Å². The number of carboxylic acid groups (broad SMARTS) is 1. The number of carboxylic acids is 1. The largest absolute Gasteiger partial charge is 0.478 e. The average Bonchev–Trinajstić information content (AvgIpc) is 2.85. The van der Waals surface area contributed by atoms with E-state index in [2.05, 4.69) is 22.9 Å². The van der Waals surface area contributed by atoms with Gasteiger partial charge in [-0.05, 0) is 43.7 Å². The number of carbonyl (C=O) groups is 1. The number of rotatable bonds is 5. The molecule has 1 aromatic heterocycles. The topological polar surface area (TPSA) is 54.3 Å². The van der Waals surface area contributed by atoms with Crippen molar-refractivity contribution in [3.05, 3.63) is 53.3 Å². The van der Waals surface area contributed by atoms with Gasteiger partial charge < -0.3 is 15.0 Å². The molecule has 0 fully saturated rings. The van der Waals surface area contributed by atoms with Crippen LogP contribution in [0, 0.1) is 6.92 Å². The summed E-state index contributed by atoms with van der Waals surface area (Å²) >= 11 is 0. The van der Waals surface area contributed by atoms with E-state index in [4.69, 9.17) is 5.11 Å². The van der Waals surface area contributed by atoms with E-state index >= 15 is 0 Å². The lowest BCUT2D eigenvalue weighted by Gasteiger charge is -2.12. The van der Waals surface area contributed by atoms with E-state index in [1.54, 1.807) is 12.1 Å². The first-order valence-electron chi connectivity index (χ1n) is 6.33. The Morgan fingerprint density at radius 3 is 2.84 bits per heavy atom. The van der Waals surface area contributed by atoms with Crippen LogP contribution in [0.3, 0.4) is 0 Å². The summed E-state index contributed by atoms with van der Waals surface area (Å²) in [6.45, 7) is 5.68. The quantitative estimate of drug-likeness (QED) is 0.866. The molecule has 1 heterocycles. The lowest BCUT2D eigenvalue weighted by Crippen LogP contribution is -2.07. The van der Waals surface area contributed by atoms with E-state index in [0.29, 0.717) is 12.1 Å². The third-order valence-corrected chi connectivity index (χ3v) is 3.21. The standard InChI is InChI=1S/C15H18N2O2/c1-3-17-8-4-5-13(17)10-16-14-9-12(15(18)19)7-6-11(14)2/h4-9,16H,3,10H2,1-2H3,(H,18,19). The summed E-state index contributed by atoms with van der Waals surface area (Å²) < 4.78 is 2.16. The van der Waals surface area contributed by atoms with E-state index in [9.17, 15) is 4.79 Å². The fourth-order valence-corrected chi connectivity index (χ4v) is 2.05. The van der Waals surface area contributed by atoms with Crippen LogP contribution in [-0.4, -0.2) is 15.6 Å². The normalized spacial score (nSPS) is 10.4. The number of hydrogen-bond donors (Lipinski definition) is 2. The molecule has 1 aromatic carbocycles. The second kappa shape index (κ2) is 5.61. The molecular weight excluding hydrogens is 240 g/mol. The van der Waals surface area contributed by atoms with Crippen molar-refractivity contribution in [2.75, 3.05) is 5.32 Å². The molecule has 19 heavy (non-hydrogen) atoms. The molecule has 0 bridgehead atoms. The van der Waals surface area contributed by atoms with E-state index in [1.807, 2.05) is 25.3 Å². The Hall–Kier alpha value is -2.23. The minimum absolute atomic E-state index is 0.305. The number of aromatic carboxylic acids is 1. The van der Waals surface area contributed by atoms with Crippen LogP contribution in [0.5, 0.6) is 0 Å². The van der Waals surface area contributed by atoms with Gasteiger partial charge in [0.25, 0.3) is 0 Å². The molecule has 0 spiro atoms. The highest BCUT2D eigenvalue weighted by molar-refractivity contribution is 5.89. The third kappa shape index (κ3) is 2.96. The van der Waals surface area contributed by atoms with Crippen molar-refractivity contribution in [3.63, 3.8) is 0 Å². The number of aryl methyl sites for hydroxylation is 2. The van der Waals surface area contributed by atoms with Crippen LogP contribution in [0.2, 0.25) is 0 Å². The van der Waals surface area contributed by atoms with Crippen molar-refractivity contribution in [3.8, 4) is 0 Å². The first-order chi connectivity index (χ1) is 9.11. The van der Waals surface area contributed by atoms with E-state index in [-0.39, 0.29) is 0 Å². The van der Waals surface area contributed by atoms with Crippen LogP contribution < -0.4 is 5.32 Å². The predicted molar refractivity (Wildman–Crippen MR) is 75.6 cm³/mol. The number of anilines is 1. The number of aromatic nitrogens is 1. The van der Waals surface area contributed by atoms with Crippen LogP contribution >= 0.6 is 0 Å². The lowest BCUT2D eigenvalue weighted by atomic mass is 10.1. The molecule has 100 valence electrons. The molecular formula is C15H18N2O2. The number of nitrogens with one attached hydrogen (secondary N) is 1. The average molecular weight is 258 g/mol. The van der Waals surface area contributed by atoms with Gasteiger partial charge in [0.2, 0.25) is 0 Å². The highest BCUT2D eigenvalue weighted by atomic mass is 16.4. The highest BCUT2D eigenvalue weighted by Crippen LogP contribution is 2.18. The van der Waals surface area contributed by atoms with E-state index < -0.39 is 5.97 Å². The maximum Gasteiger partial charge on any atom is 0.335 e. The van der Waals surface area contributed by atoms with Gasteiger partial charge in [-0.25, -0.2) is 4.79 Å². The molecule has 0 aliphatic heterocycles. The molecule has 2 rings (SSSR count). The molecule has 0 aliphatic carbocycles. The van der Waals surface area contributed by atoms with E-state index in [1.165, 1.54) is 5.69 Å². The van der Waals surface area contributed by atoms with Crippen LogP contribution in [0.25, 0.3) is 0 Å². The van der Waals surface area contributed by atoms with Crippen molar-refractivity contribution in [1.82, 2.24) is 4.57 Å². The van der Waals surface area contributed by atoms with Crippen molar-refractivity contribution >= 4 is 11.7 Å². The van der Waals surface area contributed by atoms with Crippen LogP contribution in [-0.2, 0) is 13.1 Å².